The van der Waals surface area contributed by atoms with E-state index < -0.39 is 12.1 Å². The van der Waals surface area contributed by atoms with Gasteiger partial charge < -0.3 is 9.84 Å². The molecule has 1 aromatic rings. The van der Waals surface area contributed by atoms with Crippen molar-refractivity contribution in [3.8, 4) is 5.75 Å². The third kappa shape index (κ3) is 2.48. The topological polar surface area (TPSA) is 46.5 Å². The normalized spacial score (nSPS) is 12.2. The molecule has 0 aliphatic carbocycles. The van der Waals surface area contributed by atoms with Crippen LogP contribution < -0.4 is 4.74 Å². The molecule has 76 valence electrons. The molecular formula is C10H11BrO3. The van der Waals surface area contributed by atoms with Crippen LogP contribution in [-0.2, 0) is 4.79 Å². The summed E-state index contributed by atoms with van der Waals surface area (Å²) in [5.74, 6) is -0.376. The molecule has 0 saturated heterocycles. The Hall–Kier alpha value is -1.03. The van der Waals surface area contributed by atoms with Crippen molar-refractivity contribution in [3.63, 3.8) is 0 Å². The molecule has 0 bridgehead atoms. The van der Waals surface area contributed by atoms with Crippen molar-refractivity contribution >= 4 is 21.9 Å². The number of carboxylic acid groups (broad SMARTS) is 1. The zero-order chi connectivity index (χ0) is 10.7. The van der Waals surface area contributed by atoms with E-state index in [1.54, 1.807) is 12.1 Å². The van der Waals surface area contributed by atoms with E-state index in [0.717, 1.165) is 10.0 Å². The van der Waals surface area contributed by atoms with Crippen LogP contribution in [0.15, 0.2) is 22.7 Å². The number of rotatable bonds is 3. The minimum atomic E-state index is -0.968. The Kier molecular flexibility index (Phi) is 3.52. The number of aliphatic carboxylic acids is 1. The molecule has 0 saturated carbocycles. The second kappa shape index (κ2) is 4.46. The maximum atomic E-state index is 10.6. The first-order valence-electron chi connectivity index (χ1n) is 4.17. The fraction of sp³-hybridized carbons (Fsp3) is 0.300. The van der Waals surface area contributed by atoms with Gasteiger partial charge >= 0.3 is 5.97 Å². The molecule has 0 fully saturated rings. The van der Waals surface area contributed by atoms with Gasteiger partial charge in [0.05, 0.1) is 0 Å². The van der Waals surface area contributed by atoms with Gasteiger partial charge in [0.1, 0.15) is 5.75 Å². The molecule has 3 nitrogen and oxygen atoms in total. The molecular weight excluding hydrogens is 248 g/mol. The molecule has 1 unspecified atom stereocenters. The molecule has 14 heavy (non-hydrogen) atoms. The Morgan fingerprint density at radius 2 is 2.21 bits per heavy atom. The second-order valence-corrected chi connectivity index (χ2v) is 3.82. The van der Waals surface area contributed by atoms with Crippen LogP contribution in [-0.4, -0.2) is 17.2 Å². The molecule has 0 aliphatic rings. The SMILES string of the molecule is Cc1c(Br)cccc1OC(C)C(=O)O. The highest BCUT2D eigenvalue weighted by atomic mass is 79.9. The van der Waals surface area contributed by atoms with Crippen molar-refractivity contribution in [1.29, 1.82) is 0 Å². The molecule has 1 N–H and O–H groups in total. The summed E-state index contributed by atoms with van der Waals surface area (Å²) in [7, 11) is 0. The molecule has 1 aromatic carbocycles. The van der Waals surface area contributed by atoms with Gasteiger partial charge in [0.25, 0.3) is 0 Å². The van der Waals surface area contributed by atoms with Crippen LogP contribution in [0.25, 0.3) is 0 Å². The summed E-state index contributed by atoms with van der Waals surface area (Å²) in [6, 6.07) is 5.44. The number of hydrogen-bond donors (Lipinski definition) is 1. The number of carboxylic acids is 1. The second-order valence-electron chi connectivity index (χ2n) is 2.96. The lowest BCUT2D eigenvalue weighted by molar-refractivity contribution is -0.144. The molecule has 0 spiro atoms. The van der Waals surface area contributed by atoms with Crippen LogP contribution >= 0.6 is 15.9 Å². The molecule has 0 heterocycles. The van der Waals surface area contributed by atoms with E-state index in [4.69, 9.17) is 9.84 Å². The number of ether oxygens (including phenoxy) is 1. The van der Waals surface area contributed by atoms with Gasteiger partial charge in [-0.25, -0.2) is 4.79 Å². The Morgan fingerprint density at radius 3 is 2.79 bits per heavy atom. The minimum absolute atomic E-state index is 0.592. The van der Waals surface area contributed by atoms with Gasteiger partial charge in [-0.3, -0.25) is 0 Å². The highest BCUT2D eigenvalue weighted by Crippen LogP contribution is 2.26. The van der Waals surface area contributed by atoms with E-state index in [9.17, 15) is 4.79 Å². The van der Waals surface area contributed by atoms with Crippen molar-refractivity contribution < 1.29 is 14.6 Å². The molecule has 1 rings (SSSR count). The maximum absolute atomic E-state index is 10.6. The first kappa shape index (κ1) is 11.0. The summed E-state index contributed by atoms with van der Waals surface area (Å²) in [4.78, 5) is 10.6. The van der Waals surface area contributed by atoms with Gasteiger partial charge in [-0.05, 0) is 26.0 Å². The quantitative estimate of drug-likeness (QED) is 0.907. The minimum Gasteiger partial charge on any atom is -0.479 e. The summed E-state index contributed by atoms with van der Waals surface area (Å²) in [6.07, 6.45) is -0.831. The highest BCUT2D eigenvalue weighted by Gasteiger charge is 2.13. The predicted molar refractivity (Wildman–Crippen MR) is 56.6 cm³/mol. The highest BCUT2D eigenvalue weighted by molar-refractivity contribution is 9.10. The zero-order valence-corrected chi connectivity index (χ0v) is 9.54. The fourth-order valence-electron chi connectivity index (χ4n) is 0.956. The van der Waals surface area contributed by atoms with Crippen molar-refractivity contribution in [3.05, 3.63) is 28.2 Å². The molecule has 1 atom stereocenters. The van der Waals surface area contributed by atoms with Crippen LogP contribution in [0, 0.1) is 6.92 Å². The lowest BCUT2D eigenvalue weighted by Gasteiger charge is -2.13. The van der Waals surface area contributed by atoms with Crippen molar-refractivity contribution in [2.75, 3.05) is 0 Å². The van der Waals surface area contributed by atoms with E-state index in [2.05, 4.69) is 15.9 Å². The van der Waals surface area contributed by atoms with Crippen LogP contribution in [0.5, 0.6) is 5.75 Å². The van der Waals surface area contributed by atoms with Crippen LogP contribution in [0.4, 0.5) is 0 Å². The summed E-state index contributed by atoms with van der Waals surface area (Å²) in [5, 5.41) is 8.67. The molecule has 0 radical (unpaired) electrons. The average Bonchev–Trinajstić information content (AvgIpc) is 2.12. The maximum Gasteiger partial charge on any atom is 0.344 e. The lowest BCUT2D eigenvalue weighted by atomic mass is 10.2. The summed E-state index contributed by atoms with van der Waals surface area (Å²) < 4.78 is 6.17. The zero-order valence-electron chi connectivity index (χ0n) is 7.95. The van der Waals surface area contributed by atoms with E-state index in [1.807, 2.05) is 13.0 Å². The van der Waals surface area contributed by atoms with E-state index in [0.29, 0.717) is 5.75 Å². The molecule has 0 amide bonds. The Balaban J connectivity index is 2.87. The summed E-state index contributed by atoms with van der Waals surface area (Å²) >= 11 is 3.35. The van der Waals surface area contributed by atoms with E-state index in [1.165, 1.54) is 6.92 Å². The third-order valence-corrected chi connectivity index (χ3v) is 2.73. The fourth-order valence-corrected chi connectivity index (χ4v) is 1.30. The van der Waals surface area contributed by atoms with Crippen molar-refractivity contribution in [1.82, 2.24) is 0 Å². The number of halogens is 1. The van der Waals surface area contributed by atoms with Gasteiger partial charge in [0.15, 0.2) is 6.10 Å². The third-order valence-electron chi connectivity index (χ3n) is 1.87. The first-order valence-corrected chi connectivity index (χ1v) is 4.96. The average molecular weight is 259 g/mol. The summed E-state index contributed by atoms with van der Waals surface area (Å²) in [6.45, 7) is 3.37. The number of benzene rings is 1. The van der Waals surface area contributed by atoms with Crippen LogP contribution in [0.2, 0.25) is 0 Å². The van der Waals surface area contributed by atoms with Crippen molar-refractivity contribution in [2.24, 2.45) is 0 Å². The number of hydrogen-bond acceptors (Lipinski definition) is 2. The van der Waals surface area contributed by atoms with E-state index in [-0.39, 0.29) is 0 Å². The molecule has 0 aliphatic heterocycles. The largest absolute Gasteiger partial charge is 0.479 e. The van der Waals surface area contributed by atoms with E-state index >= 15 is 0 Å². The number of carbonyl (C=O) groups is 1. The van der Waals surface area contributed by atoms with Crippen molar-refractivity contribution in [2.45, 2.75) is 20.0 Å². The van der Waals surface area contributed by atoms with Gasteiger partial charge in [-0.2, -0.15) is 0 Å². The van der Waals surface area contributed by atoms with Crippen LogP contribution in [0.1, 0.15) is 12.5 Å². The van der Waals surface area contributed by atoms with Gasteiger partial charge in [0.2, 0.25) is 0 Å². The van der Waals surface area contributed by atoms with Gasteiger partial charge in [-0.1, -0.05) is 22.0 Å². The van der Waals surface area contributed by atoms with Gasteiger partial charge in [-0.15, -0.1) is 0 Å². The van der Waals surface area contributed by atoms with Crippen LogP contribution in [0.3, 0.4) is 0 Å². The molecule has 0 aromatic heterocycles. The monoisotopic (exact) mass is 258 g/mol. The van der Waals surface area contributed by atoms with Gasteiger partial charge in [0, 0.05) is 10.0 Å². The predicted octanol–water partition coefficient (Wildman–Crippen LogP) is 2.61. The molecule has 4 heteroatoms. The first-order chi connectivity index (χ1) is 6.52. The Morgan fingerprint density at radius 1 is 1.57 bits per heavy atom. The Labute approximate surface area is 90.8 Å². The standard InChI is InChI=1S/C10H11BrO3/c1-6-8(11)4-3-5-9(6)14-7(2)10(12)13/h3-5,7H,1-2H3,(H,12,13). The summed E-state index contributed by atoms with van der Waals surface area (Å²) in [5.41, 5.74) is 0.903. The Bertz CT molecular complexity index is 349. The lowest BCUT2D eigenvalue weighted by Crippen LogP contribution is -2.23. The smallest absolute Gasteiger partial charge is 0.344 e.